The Morgan fingerprint density at radius 2 is 2.24 bits per heavy atom. The summed E-state index contributed by atoms with van der Waals surface area (Å²) in [6.07, 6.45) is 3.38. The Hall–Kier alpha value is -0.920. The summed E-state index contributed by atoms with van der Waals surface area (Å²) in [6.45, 7) is 1.47. The Kier molecular flexibility index (Phi) is 8.39. The minimum absolute atomic E-state index is 0.00392. The van der Waals surface area contributed by atoms with Gasteiger partial charge in [-0.05, 0) is 44.4 Å². The van der Waals surface area contributed by atoms with Crippen LogP contribution in [0.1, 0.15) is 39.0 Å². The van der Waals surface area contributed by atoms with Crippen LogP contribution in [0.3, 0.4) is 0 Å². The van der Waals surface area contributed by atoms with E-state index in [2.05, 4.69) is 5.32 Å². The first-order valence-corrected chi connectivity index (χ1v) is 11.0. The Balaban J connectivity index is 1.67. The zero-order chi connectivity index (χ0) is 18.2. The molecule has 138 valence electrons. The van der Waals surface area contributed by atoms with Crippen LogP contribution in [0.15, 0.2) is 18.2 Å². The third kappa shape index (κ3) is 7.07. The first kappa shape index (κ1) is 20.4. The van der Waals surface area contributed by atoms with Crippen LogP contribution in [-0.2, 0) is 14.3 Å². The van der Waals surface area contributed by atoms with Gasteiger partial charge < -0.3 is 10.1 Å². The molecule has 25 heavy (non-hydrogen) atoms. The molecule has 1 N–H and O–H groups in total. The van der Waals surface area contributed by atoms with Crippen LogP contribution in [0.2, 0.25) is 5.02 Å². The van der Waals surface area contributed by atoms with Gasteiger partial charge in [-0.25, -0.2) is 4.39 Å². The summed E-state index contributed by atoms with van der Waals surface area (Å²) >= 11 is 5.66. The maximum absolute atomic E-state index is 13.7. The second kappa shape index (κ2) is 10.3. The lowest BCUT2D eigenvalue weighted by atomic mass is 10.1. The van der Waals surface area contributed by atoms with Crippen LogP contribution in [0.5, 0.6) is 0 Å². The molecule has 0 aromatic heterocycles. The molecule has 0 radical (unpaired) electrons. The van der Waals surface area contributed by atoms with Gasteiger partial charge in [0.25, 0.3) is 5.91 Å². The number of ether oxygens (including phenoxy) is 1. The van der Waals surface area contributed by atoms with Gasteiger partial charge in [-0.1, -0.05) is 39.6 Å². The van der Waals surface area contributed by atoms with Gasteiger partial charge in [0, 0.05) is 22.4 Å². The highest BCUT2D eigenvalue weighted by Gasteiger charge is 2.20. The minimum atomic E-state index is -0.982. The molecule has 0 spiro atoms. The first-order valence-electron chi connectivity index (χ1n) is 8.19. The smallest absolute Gasteiger partial charge is 0.306 e. The number of rotatable bonds is 8. The standard InChI is InChI=1S/C17H21ClFNO3S2/c1-11(17(22)20-15-7-6-12(18)10-14(15)19)23-16(21)5-3-2-4-13-8-9-24-25-13/h6-7,10-11,13H,2-5,8-9H2,1H3,(H,20,22)/t11-,13+/m0/s1. The largest absolute Gasteiger partial charge is 0.453 e. The zero-order valence-electron chi connectivity index (χ0n) is 13.9. The quantitative estimate of drug-likeness (QED) is 0.372. The van der Waals surface area contributed by atoms with Crippen LogP contribution >= 0.6 is 33.2 Å². The molecule has 1 heterocycles. The van der Waals surface area contributed by atoms with Gasteiger partial charge in [0.15, 0.2) is 6.10 Å². The predicted molar refractivity (Wildman–Crippen MR) is 103 cm³/mol. The number of benzene rings is 1. The minimum Gasteiger partial charge on any atom is -0.453 e. The Labute approximate surface area is 160 Å². The molecular weight excluding hydrogens is 385 g/mol. The van der Waals surface area contributed by atoms with E-state index in [4.69, 9.17) is 16.3 Å². The number of nitrogens with one attached hydrogen (secondary N) is 1. The van der Waals surface area contributed by atoms with Crippen molar-refractivity contribution >= 4 is 50.8 Å². The van der Waals surface area contributed by atoms with Crippen molar-refractivity contribution in [1.29, 1.82) is 0 Å². The number of carbonyl (C=O) groups is 2. The SMILES string of the molecule is C[C@H](OC(=O)CCCC[C@@H]1CCSS1)C(=O)Nc1ccc(Cl)cc1F. The second-order valence-electron chi connectivity index (χ2n) is 5.82. The molecule has 8 heteroatoms. The Morgan fingerprint density at radius 3 is 2.92 bits per heavy atom. The van der Waals surface area contributed by atoms with Crippen LogP contribution in [-0.4, -0.2) is 29.0 Å². The fourth-order valence-electron chi connectivity index (χ4n) is 2.34. The van der Waals surface area contributed by atoms with Crippen molar-refractivity contribution in [3.8, 4) is 0 Å². The van der Waals surface area contributed by atoms with Crippen molar-refractivity contribution in [2.45, 2.75) is 50.4 Å². The zero-order valence-corrected chi connectivity index (χ0v) is 16.3. The average molecular weight is 406 g/mol. The molecule has 1 fully saturated rings. The summed E-state index contributed by atoms with van der Waals surface area (Å²) in [4.78, 5) is 23.8. The lowest BCUT2D eigenvalue weighted by Crippen LogP contribution is -2.30. The maximum Gasteiger partial charge on any atom is 0.306 e. The van der Waals surface area contributed by atoms with Crippen LogP contribution in [0.25, 0.3) is 0 Å². The van der Waals surface area contributed by atoms with E-state index in [0.29, 0.717) is 5.25 Å². The number of hydrogen-bond donors (Lipinski definition) is 1. The van der Waals surface area contributed by atoms with Gasteiger partial charge >= 0.3 is 5.97 Å². The number of esters is 1. The number of anilines is 1. The van der Waals surface area contributed by atoms with Crippen molar-refractivity contribution in [2.75, 3.05) is 11.1 Å². The van der Waals surface area contributed by atoms with Gasteiger partial charge in [0.05, 0.1) is 5.69 Å². The predicted octanol–water partition coefficient (Wildman–Crippen LogP) is 5.06. The highest BCUT2D eigenvalue weighted by atomic mass is 35.5. The van der Waals surface area contributed by atoms with E-state index in [1.165, 1.54) is 31.2 Å². The van der Waals surface area contributed by atoms with Crippen LogP contribution < -0.4 is 5.32 Å². The lowest BCUT2D eigenvalue weighted by molar-refractivity contribution is -0.153. The van der Waals surface area contributed by atoms with Crippen molar-refractivity contribution < 1.29 is 18.7 Å². The summed E-state index contributed by atoms with van der Waals surface area (Å²) in [5.41, 5.74) is 0.00392. The molecule has 0 saturated carbocycles. The average Bonchev–Trinajstić information content (AvgIpc) is 3.07. The molecule has 0 aliphatic carbocycles. The molecule has 1 aliphatic rings. The van der Waals surface area contributed by atoms with E-state index in [-0.39, 0.29) is 17.1 Å². The lowest BCUT2D eigenvalue weighted by Gasteiger charge is -2.14. The third-order valence-electron chi connectivity index (χ3n) is 3.75. The van der Waals surface area contributed by atoms with Gasteiger partial charge in [0.2, 0.25) is 0 Å². The van der Waals surface area contributed by atoms with Gasteiger partial charge in [-0.3, -0.25) is 9.59 Å². The fourth-order valence-corrected chi connectivity index (χ4v) is 5.53. The number of hydrogen-bond acceptors (Lipinski definition) is 5. The van der Waals surface area contributed by atoms with E-state index in [9.17, 15) is 14.0 Å². The van der Waals surface area contributed by atoms with Gasteiger partial charge in [-0.15, -0.1) is 0 Å². The molecule has 1 aromatic carbocycles. The molecule has 1 aromatic rings. The monoisotopic (exact) mass is 405 g/mol. The summed E-state index contributed by atoms with van der Waals surface area (Å²) in [5, 5.41) is 3.33. The molecular formula is C17H21ClFNO3S2. The van der Waals surface area contributed by atoms with E-state index in [0.717, 1.165) is 25.3 Å². The Bertz CT molecular complexity index is 612. The molecule has 1 saturated heterocycles. The topological polar surface area (TPSA) is 55.4 Å². The maximum atomic E-state index is 13.7. The summed E-state index contributed by atoms with van der Waals surface area (Å²) < 4.78 is 18.8. The van der Waals surface area contributed by atoms with Crippen molar-refractivity contribution in [3.63, 3.8) is 0 Å². The molecule has 0 bridgehead atoms. The number of amides is 1. The summed E-state index contributed by atoms with van der Waals surface area (Å²) in [6, 6.07) is 3.94. The third-order valence-corrected chi connectivity index (χ3v) is 6.99. The van der Waals surface area contributed by atoms with E-state index in [1.807, 2.05) is 21.6 Å². The van der Waals surface area contributed by atoms with Crippen molar-refractivity contribution in [1.82, 2.24) is 0 Å². The second-order valence-corrected chi connectivity index (χ2v) is 9.04. The van der Waals surface area contributed by atoms with Crippen LogP contribution in [0, 0.1) is 5.82 Å². The first-order chi connectivity index (χ1) is 12.0. The number of carbonyl (C=O) groups excluding carboxylic acids is 2. The van der Waals surface area contributed by atoms with E-state index < -0.39 is 23.8 Å². The highest BCUT2D eigenvalue weighted by molar-refractivity contribution is 8.77. The summed E-state index contributed by atoms with van der Waals surface area (Å²) in [7, 11) is 3.83. The summed E-state index contributed by atoms with van der Waals surface area (Å²) in [5.74, 6) is -0.415. The molecule has 1 amide bonds. The number of halogens is 2. The normalized spacial score (nSPS) is 18.0. The molecule has 4 nitrogen and oxygen atoms in total. The van der Waals surface area contributed by atoms with E-state index in [1.54, 1.807) is 0 Å². The Morgan fingerprint density at radius 1 is 1.44 bits per heavy atom. The van der Waals surface area contributed by atoms with Crippen LogP contribution in [0.4, 0.5) is 10.1 Å². The van der Waals surface area contributed by atoms with Gasteiger partial charge in [0.1, 0.15) is 5.82 Å². The highest BCUT2D eigenvalue weighted by Crippen LogP contribution is 2.39. The van der Waals surface area contributed by atoms with E-state index >= 15 is 0 Å². The van der Waals surface area contributed by atoms with Crippen molar-refractivity contribution in [2.24, 2.45) is 0 Å². The van der Waals surface area contributed by atoms with Crippen molar-refractivity contribution in [3.05, 3.63) is 29.0 Å². The molecule has 0 unspecified atom stereocenters. The fraction of sp³-hybridized carbons (Fsp3) is 0.529. The number of unbranched alkanes of at least 4 members (excludes halogenated alkanes) is 1. The van der Waals surface area contributed by atoms with Gasteiger partial charge in [-0.2, -0.15) is 0 Å². The molecule has 1 aliphatic heterocycles. The molecule has 2 rings (SSSR count). The molecule has 2 atom stereocenters.